The number of rotatable bonds is 4. The second-order valence-electron chi connectivity index (χ2n) is 5.22. The molecule has 0 bridgehead atoms. The van der Waals surface area contributed by atoms with Gasteiger partial charge in [0.2, 0.25) is 0 Å². The molecule has 0 aliphatic carbocycles. The van der Waals surface area contributed by atoms with Crippen molar-refractivity contribution in [3.8, 4) is 16.9 Å². The zero-order chi connectivity index (χ0) is 17.1. The van der Waals surface area contributed by atoms with E-state index in [-0.39, 0.29) is 18.1 Å². The van der Waals surface area contributed by atoms with Gasteiger partial charge in [0, 0.05) is 11.8 Å². The Hall–Kier alpha value is -3.02. The third-order valence-electron chi connectivity index (χ3n) is 3.55. The third kappa shape index (κ3) is 3.03. The highest BCUT2D eigenvalue weighted by atomic mass is 19.1. The van der Waals surface area contributed by atoms with E-state index in [1.165, 1.54) is 6.07 Å². The van der Waals surface area contributed by atoms with Crippen LogP contribution in [0.25, 0.3) is 16.9 Å². The lowest BCUT2D eigenvalue weighted by Gasteiger charge is -2.07. The molecule has 0 N–H and O–H groups in total. The van der Waals surface area contributed by atoms with Crippen LogP contribution in [0.15, 0.2) is 48.8 Å². The number of nitrogens with zero attached hydrogens (tertiary/aromatic N) is 3. The number of pyridine rings is 1. The van der Waals surface area contributed by atoms with Gasteiger partial charge in [-0.05, 0) is 43.7 Å². The number of esters is 1. The lowest BCUT2D eigenvalue weighted by molar-refractivity contribution is 0.0519. The normalized spacial score (nSPS) is 10.6. The summed E-state index contributed by atoms with van der Waals surface area (Å²) in [6, 6.07) is 10.1. The van der Waals surface area contributed by atoms with Crippen LogP contribution in [0.3, 0.4) is 0 Å². The lowest BCUT2D eigenvalue weighted by atomic mass is 10.1. The van der Waals surface area contributed by atoms with E-state index in [0.717, 1.165) is 0 Å². The first kappa shape index (κ1) is 15.9. The molecule has 1 aromatic carbocycles. The maximum absolute atomic E-state index is 14.0. The van der Waals surface area contributed by atoms with Crippen LogP contribution < -0.4 is 0 Å². The first-order valence-electron chi connectivity index (χ1n) is 7.54. The van der Waals surface area contributed by atoms with Gasteiger partial charge >= 0.3 is 5.97 Å². The van der Waals surface area contributed by atoms with Crippen LogP contribution >= 0.6 is 0 Å². The van der Waals surface area contributed by atoms with Crippen molar-refractivity contribution >= 4 is 5.97 Å². The second kappa shape index (κ2) is 6.62. The Labute approximate surface area is 138 Å². The van der Waals surface area contributed by atoms with Crippen molar-refractivity contribution in [2.75, 3.05) is 6.61 Å². The molecule has 0 radical (unpaired) electrons. The molecule has 0 amide bonds. The average molecular weight is 325 g/mol. The van der Waals surface area contributed by atoms with Crippen LogP contribution in [0.5, 0.6) is 0 Å². The van der Waals surface area contributed by atoms with E-state index in [1.807, 2.05) is 6.07 Å². The molecule has 0 atom stereocenters. The van der Waals surface area contributed by atoms with Crippen molar-refractivity contribution in [2.45, 2.75) is 13.8 Å². The Kier molecular flexibility index (Phi) is 4.37. The van der Waals surface area contributed by atoms with Gasteiger partial charge in [0.05, 0.1) is 24.2 Å². The summed E-state index contributed by atoms with van der Waals surface area (Å²) in [5.41, 5.74) is 2.59. The molecule has 122 valence electrons. The maximum atomic E-state index is 14.0. The quantitative estimate of drug-likeness (QED) is 0.688. The van der Waals surface area contributed by atoms with E-state index in [2.05, 4.69) is 10.1 Å². The SMILES string of the molecule is CCOC(=O)c1cc(-c2ccc(C)c(F)c2)n(-c2cccnc2)n1. The molecule has 0 saturated carbocycles. The molecule has 0 saturated heterocycles. The number of hydrogen-bond acceptors (Lipinski definition) is 4. The summed E-state index contributed by atoms with van der Waals surface area (Å²) in [5, 5.41) is 4.31. The number of halogens is 1. The van der Waals surface area contributed by atoms with Gasteiger partial charge in [0.15, 0.2) is 5.69 Å². The molecule has 0 fully saturated rings. The summed E-state index contributed by atoms with van der Waals surface area (Å²) >= 11 is 0. The highest BCUT2D eigenvalue weighted by molar-refractivity contribution is 5.89. The van der Waals surface area contributed by atoms with Gasteiger partial charge in [0.1, 0.15) is 5.82 Å². The smallest absolute Gasteiger partial charge is 0.358 e. The van der Waals surface area contributed by atoms with E-state index in [1.54, 1.807) is 55.2 Å². The number of aryl methyl sites for hydroxylation is 1. The third-order valence-corrected chi connectivity index (χ3v) is 3.55. The summed E-state index contributed by atoms with van der Waals surface area (Å²) in [7, 11) is 0. The standard InChI is InChI=1S/C18H16FN3O2/c1-3-24-18(23)16-10-17(13-7-6-12(2)15(19)9-13)22(21-16)14-5-4-8-20-11-14/h4-11H,3H2,1-2H3. The van der Waals surface area contributed by atoms with Crippen LogP contribution in [0, 0.1) is 12.7 Å². The molecule has 6 heteroatoms. The molecule has 5 nitrogen and oxygen atoms in total. The minimum absolute atomic E-state index is 0.164. The molecule has 2 heterocycles. The number of carbonyl (C=O) groups is 1. The van der Waals surface area contributed by atoms with Gasteiger partial charge < -0.3 is 4.74 Å². The number of benzene rings is 1. The van der Waals surface area contributed by atoms with E-state index in [0.29, 0.717) is 22.5 Å². The maximum Gasteiger partial charge on any atom is 0.358 e. The fourth-order valence-electron chi connectivity index (χ4n) is 2.32. The first-order valence-corrected chi connectivity index (χ1v) is 7.54. The molecule has 0 aliphatic heterocycles. The molecule has 2 aromatic heterocycles. The topological polar surface area (TPSA) is 57.0 Å². The van der Waals surface area contributed by atoms with Crippen molar-refractivity contribution < 1.29 is 13.9 Å². The van der Waals surface area contributed by atoms with Crippen LogP contribution in [-0.4, -0.2) is 27.3 Å². The zero-order valence-corrected chi connectivity index (χ0v) is 13.4. The van der Waals surface area contributed by atoms with E-state index < -0.39 is 5.97 Å². The number of hydrogen-bond donors (Lipinski definition) is 0. The van der Waals surface area contributed by atoms with Crippen molar-refractivity contribution in [1.82, 2.24) is 14.8 Å². The van der Waals surface area contributed by atoms with Crippen molar-refractivity contribution in [1.29, 1.82) is 0 Å². The van der Waals surface area contributed by atoms with Crippen LogP contribution in [0.2, 0.25) is 0 Å². The van der Waals surface area contributed by atoms with Crippen molar-refractivity contribution in [3.05, 3.63) is 65.9 Å². The summed E-state index contributed by atoms with van der Waals surface area (Å²) in [4.78, 5) is 16.1. The molecule has 24 heavy (non-hydrogen) atoms. The van der Waals surface area contributed by atoms with Gasteiger partial charge in [0.25, 0.3) is 0 Å². The predicted octanol–water partition coefficient (Wildman–Crippen LogP) is 3.56. The Balaban J connectivity index is 2.15. The van der Waals surface area contributed by atoms with Gasteiger partial charge in [-0.1, -0.05) is 12.1 Å². The summed E-state index contributed by atoms with van der Waals surface area (Å²) in [5.74, 6) is -0.835. The van der Waals surface area contributed by atoms with Gasteiger partial charge in [-0.15, -0.1) is 0 Å². The summed E-state index contributed by atoms with van der Waals surface area (Å²) in [6.07, 6.45) is 3.26. The zero-order valence-electron chi connectivity index (χ0n) is 13.4. The van der Waals surface area contributed by atoms with Crippen LogP contribution in [0.4, 0.5) is 4.39 Å². The molecule has 3 rings (SSSR count). The Morgan fingerprint density at radius 2 is 2.12 bits per heavy atom. The molecule has 0 unspecified atom stereocenters. The Morgan fingerprint density at radius 1 is 1.29 bits per heavy atom. The van der Waals surface area contributed by atoms with Gasteiger partial charge in [-0.25, -0.2) is 13.9 Å². The Morgan fingerprint density at radius 3 is 2.79 bits per heavy atom. The van der Waals surface area contributed by atoms with E-state index in [4.69, 9.17) is 4.74 Å². The summed E-state index contributed by atoms with van der Waals surface area (Å²) < 4.78 is 20.5. The molecular weight excluding hydrogens is 309 g/mol. The molecule has 3 aromatic rings. The molecular formula is C18H16FN3O2. The minimum atomic E-state index is -0.519. The van der Waals surface area contributed by atoms with E-state index in [9.17, 15) is 9.18 Å². The molecule has 0 aliphatic rings. The fraction of sp³-hybridized carbons (Fsp3) is 0.167. The van der Waals surface area contributed by atoms with Gasteiger partial charge in [-0.3, -0.25) is 4.98 Å². The fourth-order valence-corrected chi connectivity index (χ4v) is 2.32. The molecule has 0 spiro atoms. The van der Waals surface area contributed by atoms with Crippen molar-refractivity contribution in [3.63, 3.8) is 0 Å². The highest BCUT2D eigenvalue weighted by Gasteiger charge is 2.18. The monoisotopic (exact) mass is 325 g/mol. The average Bonchev–Trinajstić information content (AvgIpc) is 3.04. The van der Waals surface area contributed by atoms with Crippen molar-refractivity contribution in [2.24, 2.45) is 0 Å². The minimum Gasteiger partial charge on any atom is -0.461 e. The Bertz CT molecular complexity index is 875. The van der Waals surface area contributed by atoms with Crippen LogP contribution in [0.1, 0.15) is 23.0 Å². The highest BCUT2D eigenvalue weighted by Crippen LogP contribution is 2.25. The number of aromatic nitrogens is 3. The van der Waals surface area contributed by atoms with Gasteiger partial charge in [-0.2, -0.15) is 5.10 Å². The van der Waals surface area contributed by atoms with E-state index >= 15 is 0 Å². The number of ether oxygens (including phenoxy) is 1. The summed E-state index contributed by atoms with van der Waals surface area (Å²) in [6.45, 7) is 3.68. The predicted molar refractivity (Wildman–Crippen MR) is 87.4 cm³/mol. The first-order chi connectivity index (χ1) is 11.6. The van der Waals surface area contributed by atoms with Crippen LogP contribution in [-0.2, 0) is 4.74 Å². The lowest BCUT2D eigenvalue weighted by Crippen LogP contribution is -2.07. The number of carbonyl (C=O) groups excluding carboxylic acids is 1. The second-order valence-corrected chi connectivity index (χ2v) is 5.22. The largest absolute Gasteiger partial charge is 0.461 e.